The molecule has 94 valence electrons. The fourth-order valence-electron chi connectivity index (χ4n) is 2.41. The number of hydrogen-bond acceptors (Lipinski definition) is 4. The maximum Gasteiger partial charge on any atom is 0.127 e. The largest absolute Gasteiger partial charge is 0.507 e. The van der Waals surface area contributed by atoms with Crippen LogP contribution in [0.5, 0.6) is 5.75 Å². The van der Waals surface area contributed by atoms with Crippen LogP contribution < -0.4 is 5.73 Å². The van der Waals surface area contributed by atoms with Crippen molar-refractivity contribution in [3.63, 3.8) is 0 Å². The minimum absolute atomic E-state index is 0.305. The second-order valence-electron chi connectivity index (χ2n) is 4.75. The molecule has 1 aromatic heterocycles. The lowest BCUT2D eigenvalue weighted by atomic mass is 9.91. The average Bonchev–Trinajstić information content (AvgIpc) is 2.81. The number of para-hydroxylation sites is 1. The summed E-state index contributed by atoms with van der Waals surface area (Å²) in [6.45, 7) is 0.753. The van der Waals surface area contributed by atoms with Crippen LogP contribution in [0.25, 0.3) is 10.6 Å². The lowest BCUT2D eigenvalue weighted by Gasteiger charge is -2.18. The van der Waals surface area contributed by atoms with Crippen molar-refractivity contribution in [3.05, 3.63) is 34.8 Å². The van der Waals surface area contributed by atoms with Crippen molar-refractivity contribution in [3.8, 4) is 16.3 Å². The van der Waals surface area contributed by atoms with Crippen LogP contribution in [0.1, 0.15) is 17.0 Å². The van der Waals surface area contributed by atoms with Gasteiger partial charge >= 0.3 is 0 Å². The Labute approximate surface area is 110 Å². The zero-order valence-corrected chi connectivity index (χ0v) is 10.9. The summed E-state index contributed by atoms with van der Waals surface area (Å²) >= 11 is 1.70. The van der Waals surface area contributed by atoms with Crippen molar-refractivity contribution >= 4 is 11.3 Å². The summed E-state index contributed by atoms with van der Waals surface area (Å²) in [5.74, 6) is 0.897. The van der Waals surface area contributed by atoms with Gasteiger partial charge in [-0.3, -0.25) is 0 Å². The van der Waals surface area contributed by atoms with E-state index in [9.17, 15) is 5.11 Å². The number of aromatic hydroxyl groups is 1. The first-order valence-corrected chi connectivity index (χ1v) is 7.06. The van der Waals surface area contributed by atoms with Crippen molar-refractivity contribution in [2.75, 3.05) is 6.54 Å². The maximum absolute atomic E-state index is 9.87. The lowest BCUT2D eigenvalue weighted by molar-refractivity contribution is 0.469. The van der Waals surface area contributed by atoms with Gasteiger partial charge in [-0.25, -0.2) is 4.98 Å². The average molecular weight is 260 g/mol. The van der Waals surface area contributed by atoms with E-state index in [2.05, 4.69) is 4.98 Å². The summed E-state index contributed by atoms with van der Waals surface area (Å²) in [5.41, 5.74) is 7.78. The van der Waals surface area contributed by atoms with E-state index in [4.69, 9.17) is 5.73 Å². The summed E-state index contributed by atoms with van der Waals surface area (Å²) in [7, 11) is 0. The highest BCUT2D eigenvalue weighted by Crippen LogP contribution is 2.37. The Bertz CT molecular complexity index is 565. The molecule has 1 aromatic carbocycles. The van der Waals surface area contributed by atoms with Gasteiger partial charge in [-0.1, -0.05) is 12.1 Å². The number of fused-ring (bicyclic) bond motifs is 1. The van der Waals surface area contributed by atoms with Crippen LogP contribution in [-0.4, -0.2) is 16.6 Å². The van der Waals surface area contributed by atoms with Crippen LogP contribution in [0.4, 0.5) is 0 Å². The highest BCUT2D eigenvalue weighted by atomic mass is 32.1. The van der Waals surface area contributed by atoms with Gasteiger partial charge in [0.15, 0.2) is 0 Å². The van der Waals surface area contributed by atoms with E-state index in [0.717, 1.165) is 36.4 Å². The predicted octanol–water partition coefficient (Wildman–Crippen LogP) is 2.58. The normalized spacial score (nSPS) is 18.6. The number of phenols is 1. The topological polar surface area (TPSA) is 59.1 Å². The number of aryl methyl sites for hydroxylation is 1. The van der Waals surface area contributed by atoms with Crippen molar-refractivity contribution in [2.24, 2.45) is 11.7 Å². The van der Waals surface area contributed by atoms with E-state index >= 15 is 0 Å². The van der Waals surface area contributed by atoms with Crippen LogP contribution in [-0.2, 0) is 12.8 Å². The summed E-state index contributed by atoms with van der Waals surface area (Å²) in [5, 5.41) is 10.8. The number of nitrogens with two attached hydrogens (primary N) is 1. The minimum Gasteiger partial charge on any atom is -0.507 e. The number of rotatable bonds is 2. The monoisotopic (exact) mass is 260 g/mol. The lowest BCUT2D eigenvalue weighted by Crippen LogP contribution is -2.21. The van der Waals surface area contributed by atoms with Crippen molar-refractivity contribution in [2.45, 2.75) is 19.3 Å². The van der Waals surface area contributed by atoms with Crippen LogP contribution in [0.3, 0.4) is 0 Å². The molecule has 0 saturated carbocycles. The smallest absolute Gasteiger partial charge is 0.127 e. The maximum atomic E-state index is 9.87. The van der Waals surface area contributed by atoms with Crippen molar-refractivity contribution in [1.82, 2.24) is 4.98 Å². The van der Waals surface area contributed by atoms with Gasteiger partial charge < -0.3 is 10.8 Å². The van der Waals surface area contributed by atoms with Crippen molar-refractivity contribution in [1.29, 1.82) is 0 Å². The van der Waals surface area contributed by atoms with Gasteiger partial charge in [0.25, 0.3) is 0 Å². The van der Waals surface area contributed by atoms with Gasteiger partial charge in [-0.2, -0.15) is 0 Å². The first-order chi connectivity index (χ1) is 8.78. The highest BCUT2D eigenvalue weighted by molar-refractivity contribution is 7.15. The molecule has 4 heteroatoms. The molecule has 0 amide bonds. The van der Waals surface area contributed by atoms with E-state index in [1.54, 1.807) is 17.4 Å². The number of thiazole rings is 1. The molecule has 1 aliphatic rings. The first kappa shape index (κ1) is 11.7. The molecule has 0 aliphatic heterocycles. The van der Waals surface area contributed by atoms with E-state index in [-0.39, 0.29) is 0 Å². The third-order valence-electron chi connectivity index (χ3n) is 3.51. The minimum atomic E-state index is 0.305. The molecule has 1 heterocycles. The van der Waals surface area contributed by atoms with E-state index in [1.807, 2.05) is 18.2 Å². The molecule has 3 N–H and O–H groups in total. The number of benzene rings is 1. The number of aromatic nitrogens is 1. The summed E-state index contributed by atoms with van der Waals surface area (Å²) in [6, 6.07) is 7.38. The second kappa shape index (κ2) is 4.71. The Balaban J connectivity index is 1.97. The summed E-state index contributed by atoms with van der Waals surface area (Å²) < 4.78 is 0. The fourth-order valence-corrected chi connectivity index (χ4v) is 3.67. The summed E-state index contributed by atoms with van der Waals surface area (Å²) in [6.07, 6.45) is 3.19. The molecule has 0 spiro atoms. The SMILES string of the molecule is NCC1CCc2nc(-c3ccccc3O)sc2C1. The quantitative estimate of drug-likeness (QED) is 0.872. The fraction of sp³-hybridized carbons (Fsp3) is 0.357. The standard InChI is InChI=1S/C14H16N2OS/c15-8-9-5-6-11-13(7-9)18-14(16-11)10-3-1-2-4-12(10)17/h1-4,9,17H,5-8,15H2. The molecule has 1 aliphatic carbocycles. The molecule has 0 fully saturated rings. The third-order valence-corrected chi connectivity index (χ3v) is 4.66. The molecular weight excluding hydrogens is 244 g/mol. The van der Waals surface area contributed by atoms with E-state index in [1.165, 1.54) is 10.6 Å². The van der Waals surface area contributed by atoms with Gasteiger partial charge in [0, 0.05) is 4.88 Å². The van der Waals surface area contributed by atoms with E-state index in [0.29, 0.717) is 11.7 Å². The van der Waals surface area contributed by atoms with Gasteiger partial charge in [-0.15, -0.1) is 11.3 Å². The molecule has 0 bridgehead atoms. The highest BCUT2D eigenvalue weighted by Gasteiger charge is 2.22. The molecule has 3 nitrogen and oxygen atoms in total. The molecule has 1 atom stereocenters. The Hall–Kier alpha value is -1.39. The van der Waals surface area contributed by atoms with Crippen LogP contribution in [0.2, 0.25) is 0 Å². The van der Waals surface area contributed by atoms with Gasteiger partial charge in [0.05, 0.1) is 11.3 Å². The molecule has 18 heavy (non-hydrogen) atoms. The third kappa shape index (κ3) is 2.02. The molecule has 2 aromatic rings. The molecule has 1 unspecified atom stereocenters. The Morgan fingerprint density at radius 3 is 3.00 bits per heavy atom. The Morgan fingerprint density at radius 2 is 2.22 bits per heavy atom. The Morgan fingerprint density at radius 1 is 1.39 bits per heavy atom. The molecular formula is C14H16N2OS. The van der Waals surface area contributed by atoms with Crippen LogP contribution in [0, 0.1) is 5.92 Å². The van der Waals surface area contributed by atoms with Crippen molar-refractivity contribution < 1.29 is 5.11 Å². The first-order valence-electron chi connectivity index (χ1n) is 6.25. The zero-order valence-electron chi connectivity index (χ0n) is 10.1. The zero-order chi connectivity index (χ0) is 12.5. The molecule has 0 saturated heterocycles. The Kier molecular flexibility index (Phi) is 3.06. The van der Waals surface area contributed by atoms with Crippen LogP contribution in [0.15, 0.2) is 24.3 Å². The van der Waals surface area contributed by atoms with Crippen LogP contribution >= 0.6 is 11.3 Å². The van der Waals surface area contributed by atoms with E-state index < -0.39 is 0 Å². The molecule has 3 rings (SSSR count). The van der Waals surface area contributed by atoms with Gasteiger partial charge in [0.2, 0.25) is 0 Å². The summed E-state index contributed by atoms with van der Waals surface area (Å²) in [4.78, 5) is 6.01. The van der Waals surface area contributed by atoms with Gasteiger partial charge in [-0.05, 0) is 43.9 Å². The molecule has 0 radical (unpaired) electrons. The predicted molar refractivity (Wildman–Crippen MR) is 73.8 cm³/mol. The van der Waals surface area contributed by atoms with Gasteiger partial charge in [0.1, 0.15) is 10.8 Å². The number of phenolic OH excluding ortho intramolecular Hbond substituents is 1. The number of hydrogen-bond donors (Lipinski definition) is 2. The number of nitrogens with zero attached hydrogens (tertiary/aromatic N) is 1. The second-order valence-corrected chi connectivity index (χ2v) is 5.83.